The van der Waals surface area contributed by atoms with E-state index in [-0.39, 0.29) is 29.1 Å². The topological polar surface area (TPSA) is 90.0 Å². The molecule has 0 N–H and O–H groups in total. The van der Waals surface area contributed by atoms with Crippen molar-refractivity contribution in [3.8, 4) is 0 Å². The lowest BCUT2D eigenvalue weighted by molar-refractivity contribution is 0.0598. The molecule has 0 saturated carbocycles. The molecule has 9 heteroatoms. The molecule has 2 aromatic carbocycles. The number of nitrogens with zero attached hydrogens (tertiary/aromatic N) is 1. The molecule has 0 fully saturated rings. The third-order valence-corrected chi connectivity index (χ3v) is 6.12. The molecular weight excluding hydrogens is 406 g/mol. The molecule has 2 aromatic rings. The molecule has 0 aliphatic carbocycles. The zero-order valence-electron chi connectivity index (χ0n) is 15.6. The molecule has 0 radical (unpaired) electrons. The largest absolute Gasteiger partial charge is 0.465 e. The summed E-state index contributed by atoms with van der Waals surface area (Å²) in [5, 5.41) is 0.492. The number of rotatable bonds is 7. The summed E-state index contributed by atoms with van der Waals surface area (Å²) in [6, 6.07) is 10.4. The van der Waals surface area contributed by atoms with E-state index in [0.29, 0.717) is 10.6 Å². The summed E-state index contributed by atoms with van der Waals surface area (Å²) in [7, 11) is -1.68. The zero-order valence-corrected chi connectivity index (χ0v) is 17.2. The second-order valence-electron chi connectivity index (χ2n) is 5.79. The number of methoxy groups -OCH3 is 2. The van der Waals surface area contributed by atoms with Crippen LogP contribution in [0.3, 0.4) is 0 Å². The molecule has 150 valence electrons. The fourth-order valence-electron chi connectivity index (χ4n) is 2.57. The van der Waals surface area contributed by atoms with Gasteiger partial charge < -0.3 is 9.47 Å². The van der Waals surface area contributed by atoms with Crippen LogP contribution in [0, 0.1) is 0 Å². The Morgan fingerprint density at radius 3 is 2.04 bits per heavy atom. The van der Waals surface area contributed by atoms with Crippen molar-refractivity contribution in [2.45, 2.75) is 18.4 Å². The van der Waals surface area contributed by atoms with Gasteiger partial charge >= 0.3 is 11.9 Å². The number of benzene rings is 2. The maximum atomic E-state index is 13.2. The Hall–Kier alpha value is -2.42. The van der Waals surface area contributed by atoms with Gasteiger partial charge in [-0.15, -0.1) is 0 Å². The molecule has 0 aliphatic heterocycles. The summed E-state index contributed by atoms with van der Waals surface area (Å²) in [5.41, 5.74) is 0.570. The molecule has 0 saturated heterocycles. The SMILES string of the molecule is CCN(Cc1cccc(Cl)c1)S(=O)(=O)c1cc(C(=O)OC)cc(C(=O)OC)c1. The summed E-state index contributed by atoms with van der Waals surface area (Å²) < 4.78 is 36.9. The van der Waals surface area contributed by atoms with Crippen LogP contribution < -0.4 is 0 Å². The van der Waals surface area contributed by atoms with Gasteiger partial charge in [0, 0.05) is 18.1 Å². The number of sulfonamides is 1. The Labute approximate surface area is 168 Å². The first-order chi connectivity index (χ1) is 13.2. The minimum Gasteiger partial charge on any atom is -0.465 e. The monoisotopic (exact) mass is 425 g/mol. The summed E-state index contributed by atoms with van der Waals surface area (Å²) in [4.78, 5) is 23.6. The standard InChI is InChI=1S/C19H20ClNO6S/c1-4-21(12-13-6-5-7-16(20)8-13)28(24,25)17-10-14(18(22)26-2)9-15(11-17)19(23)27-3/h5-11H,4,12H2,1-3H3. The van der Waals surface area contributed by atoms with Crippen molar-refractivity contribution >= 4 is 33.6 Å². The molecule has 0 heterocycles. The van der Waals surface area contributed by atoms with Gasteiger partial charge in [0.15, 0.2) is 0 Å². The van der Waals surface area contributed by atoms with Crippen LogP contribution in [0.1, 0.15) is 33.2 Å². The van der Waals surface area contributed by atoms with Crippen molar-refractivity contribution in [2.24, 2.45) is 0 Å². The van der Waals surface area contributed by atoms with Gasteiger partial charge in [-0.05, 0) is 35.9 Å². The van der Waals surface area contributed by atoms with E-state index in [1.54, 1.807) is 31.2 Å². The molecule has 0 unspecified atom stereocenters. The molecule has 0 aromatic heterocycles. The third kappa shape index (κ3) is 4.89. The number of hydrogen-bond donors (Lipinski definition) is 0. The first kappa shape index (κ1) is 21.9. The lowest BCUT2D eigenvalue weighted by Gasteiger charge is -2.21. The first-order valence-electron chi connectivity index (χ1n) is 8.29. The number of esters is 2. The number of halogens is 1. The highest BCUT2D eigenvalue weighted by atomic mass is 35.5. The maximum absolute atomic E-state index is 13.2. The van der Waals surface area contributed by atoms with Crippen LogP contribution in [0.25, 0.3) is 0 Å². The molecule has 0 atom stereocenters. The van der Waals surface area contributed by atoms with Gasteiger partial charge in [-0.25, -0.2) is 18.0 Å². The summed E-state index contributed by atoms with van der Waals surface area (Å²) in [5.74, 6) is -1.53. The molecular formula is C19H20ClNO6S. The maximum Gasteiger partial charge on any atom is 0.337 e. The van der Waals surface area contributed by atoms with Gasteiger partial charge in [0.1, 0.15) is 0 Å². The van der Waals surface area contributed by atoms with E-state index in [2.05, 4.69) is 9.47 Å². The Morgan fingerprint density at radius 1 is 1.00 bits per heavy atom. The van der Waals surface area contributed by atoms with Gasteiger partial charge in [-0.3, -0.25) is 0 Å². The zero-order chi connectivity index (χ0) is 20.9. The van der Waals surface area contributed by atoms with Crippen molar-refractivity contribution in [3.05, 3.63) is 64.2 Å². The highest BCUT2D eigenvalue weighted by molar-refractivity contribution is 7.89. The van der Waals surface area contributed by atoms with E-state index >= 15 is 0 Å². The van der Waals surface area contributed by atoms with Crippen LogP contribution in [0.4, 0.5) is 0 Å². The van der Waals surface area contributed by atoms with Crippen LogP contribution in [0.15, 0.2) is 47.4 Å². The normalized spacial score (nSPS) is 11.3. The van der Waals surface area contributed by atoms with Crippen LogP contribution in [0.5, 0.6) is 0 Å². The van der Waals surface area contributed by atoms with Crippen molar-refractivity contribution in [3.63, 3.8) is 0 Å². The minimum absolute atomic E-state index is 0.0669. The molecule has 28 heavy (non-hydrogen) atoms. The van der Waals surface area contributed by atoms with Crippen molar-refractivity contribution in [1.29, 1.82) is 0 Å². The molecule has 7 nitrogen and oxygen atoms in total. The minimum atomic E-state index is -4.02. The molecule has 0 amide bonds. The van der Waals surface area contributed by atoms with Crippen molar-refractivity contribution < 1.29 is 27.5 Å². The van der Waals surface area contributed by atoms with Gasteiger partial charge in [-0.2, -0.15) is 4.31 Å². The molecule has 2 rings (SSSR count). The Morgan fingerprint density at radius 2 is 1.57 bits per heavy atom. The van der Waals surface area contributed by atoms with E-state index in [4.69, 9.17) is 11.6 Å². The average Bonchev–Trinajstić information content (AvgIpc) is 2.70. The summed E-state index contributed by atoms with van der Waals surface area (Å²) in [6.45, 7) is 1.94. The van der Waals surface area contributed by atoms with Gasteiger partial charge in [0.2, 0.25) is 10.0 Å². The number of carbonyl (C=O) groups excluding carboxylic acids is 2. The quantitative estimate of drug-likeness (QED) is 0.633. The van der Waals surface area contributed by atoms with Gasteiger partial charge in [0.05, 0.1) is 30.2 Å². The van der Waals surface area contributed by atoms with Crippen LogP contribution in [-0.2, 0) is 26.0 Å². The highest BCUT2D eigenvalue weighted by Gasteiger charge is 2.26. The molecule has 0 aliphatic rings. The number of hydrogen-bond acceptors (Lipinski definition) is 6. The fraction of sp³-hybridized carbons (Fsp3) is 0.263. The van der Waals surface area contributed by atoms with Gasteiger partial charge in [0.25, 0.3) is 0 Å². The fourth-order valence-corrected chi connectivity index (χ4v) is 4.30. The van der Waals surface area contributed by atoms with E-state index in [1.807, 2.05) is 0 Å². The van der Waals surface area contributed by atoms with E-state index < -0.39 is 22.0 Å². The first-order valence-corrected chi connectivity index (χ1v) is 10.1. The third-order valence-electron chi connectivity index (χ3n) is 3.99. The number of carbonyl (C=O) groups is 2. The van der Waals surface area contributed by atoms with Crippen LogP contribution >= 0.6 is 11.6 Å². The van der Waals surface area contributed by atoms with Gasteiger partial charge in [-0.1, -0.05) is 30.7 Å². The second-order valence-corrected chi connectivity index (χ2v) is 8.16. The lowest BCUT2D eigenvalue weighted by atomic mass is 10.1. The Bertz CT molecular complexity index is 955. The van der Waals surface area contributed by atoms with Crippen LogP contribution in [-0.4, -0.2) is 45.4 Å². The molecule has 0 bridgehead atoms. The van der Waals surface area contributed by atoms with E-state index in [1.165, 1.54) is 36.7 Å². The lowest BCUT2D eigenvalue weighted by Crippen LogP contribution is -2.31. The Kier molecular flexibility index (Phi) is 7.17. The Balaban J connectivity index is 2.52. The van der Waals surface area contributed by atoms with Crippen LogP contribution in [0.2, 0.25) is 5.02 Å². The predicted molar refractivity (Wildman–Crippen MR) is 104 cm³/mol. The van der Waals surface area contributed by atoms with E-state index in [0.717, 1.165) is 0 Å². The second kappa shape index (κ2) is 9.18. The highest BCUT2D eigenvalue weighted by Crippen LogP contribution is 2.23. The smallest absolute Gasteiger partial charge is 0.337 e. The molecule has 0 spiro atoms. The predicted octanol–water partition coefficient (Wildman–Crippen LogP) is 3.12. The summed E-state index contributed by atoms with van der Waals surface area (Å²) >= 11 is 5.98. The number of ether oxygens (including phenoxy) is 2. The van der Waals surface area contributed by atoms with Crippen molar-refractivity contribution in [2.75, 3.05) is 20.8 Å². The summed E-state index contributed by atoms with van der Waals surface area (Å²) in [6.07, 6.45) is 0. The average molecular weight is 426 g/mol. The van der Waals surface area contributed by atoms with Crippen molar-refractivity contribution in [1.82, 2.24) is 4.31 Å². The van der Waals surface area contributed by atoms with E-state index in [9.17, 15) is 18.0 Å².